The lowest BCUT2D eigenvalue weighted by Gasteiger charge is -2.29. The Balaban J connectivity index is 1.92. The fraction of sp³-hybridized carbons (Fsp3) is 0.667. The van der Waals surface area contributed by atoms with Gasteiger partial charge in [0.15, 0.2) is 12.8 Å². The Hall–Kier alpha value is -1.86. The molecular weight excluding hydrogens is 359 g/mol. The summed E-state index contributed by atoms with van der Waals surface area (Å²) >= 11 is 0. The minimum atomic E-state index is -0.258. The minimum Gasteiger partial charge on any atom is -0.467 e. The van der Waals surface area contributed by atoms with Gasteiger partial charge >= 0.3 is 0 Å². The largest absolute Gasteiger partial charge is 0.467 e. The van der Waals surface area contributed by atoms with Crippen LogP contribution >= 0.6 is 0 Å². The van der Waals surface area contributed by atoms with Gasteiger partial charge in [0, 0.05) is 37.3 Å². The molecular formula is C21H35FN4O2. The van der Waals surface area contributed by atoms with Gasteiger partial charge in [-0.1, -0.05) is 0 Å². The molecule has 2 N–H and O–H groups in total. The van der Waals surface area contributed by atoms with Crippen LogP contribution in [0.1, 0.15) is 45.7 Å². The lowest BCUT2D eigenvalue weighted by atomic mass is 10.1. The summed E-state index contributed by atoms with van der Waals surface area (Å²) in [6, 6.07) is 4.01. The number of aliphatic imine (C=N–C) groups is 1. The van der Waals surface area contributed by atoms with Crippen LogP contribution in [0.3, 0.4) is 0 Å². The van der Waals surface area contributed by atoms with Crippen molar-refractivity contribution in [2.24, 2.45) is 4.99 Å². The van der Waals surface area contributed by atoms with Crippen molar-refractivity contribution >= 4 is 5.96 Å². The van der Waals surface area contributed by atoms with Crippen LogP contribution in [0.4, 0.5) is 4.39 Å². The van der Waals surface area contributed by atoms with Crippen LogP contribution in [0.15, 0.2) is 17.1 Å². The molecule has 0 unspecified atom stereocenters. The summed E-state index contributed by atoms with van der Waals surface area (Å²) in [7, 11) is 0. The summed E-state index contributed by atoms with van der Waals surface area (Å²) in [6.07, 6.45) is 0.647. The number of halogens is 1. The van der Waals surface area contributed by atoms with Gasteiger partial charge < -0.3 is 20.1 Å². The molecule has 1 aliphatic rings. The van der Waals surface area contributed by atoms with Crippen molar-refractivity contribution < 1.29 is 13.9 Å². The normalized spacial score (nSPS) is 14.4. The monoisotopic (exact) mass is 394 g/mol. The zero-order chi connectivity index (χ0) is 20.5. The van der Waals surface area contributed by atoms with Crippen LogP contribution in [-0.4, -0.2) is 55.9 Å². The first kappa shape index (κ1) is 22.4. The number of hydrogen-bond acceptors (Lipinski definition) is 4. The van der Waals surface area contributed by atoms with Crippen molar-refractivity contribution in [2.45, 2.75) is 59.7 Å². The van der Waals surface area contributed by atoms with Gasteiger partial charge in [-0.2, -0.15) is 0 Å². The molecule has 1 aromatic carbocycles. The number of rotatable bonds is 9. The van der Waals surface area contributed by atoms with Crippen molar-refractivity contribution in [2.75, 3.05) is 33.0 Å². The summed E-state index contributed by atoms with van der Waals surface area (Å²) in [6.45, 7) is 14.6. The Morgan fingerprint density at radius 3 is 2.64 bits per heavy atom. The summed E-state index contributed by atoms with van der Waals surface area (Å²) in [5.41, 5.74) is 1.62. The first-order valence-corrected chi connectivity index (χ1v) is 10.2. The Morgan fingerprint density at radius 1 is 1.21 bits per heavy atom. The van der Waals surface area contributed by atoms with Gasteiger partial charge in [-0.15, -0.1) is 0 Å². The van der Waals surface area contributed by atoms with Gasteiger partial charge in [-0.05, 0) is 58.7 Å². The molecule has 7 heteroatoms. The van der Waals surface area contributed by atoms with Crippen LogP contribution in [-0.2, 0) is 17.8 Å². The quantitative estimate of drug-likeness (QED) is 0.498. The summed E-state index contributed by atoms with van der Waals surface area (Å²) < 4.78 is 24.7. The average Bonchev–Trinajstić information content (AvgIpc) is 2.64. The third-order valence-corrected chi connectivity index (χ3v) is 4.74. The van der Waals surface area contributed by atoms with Crippen molar-refractivity contribution in [1.82, 2.24) is 15.5 Å². The molecule has 1 aliphatic heterocycles. The molecule has 28 heavy (non-hydrogen) atoms. The van der Waals surface area contributed by atoms with Crippen LogP contribution < -0.4 is 15.4 Å². The summed E-state index contributed by atoms with van der Waals surface area (Å²) in [4.78, 5) is 7.10. The van der Waals surface area contributed by atoms with Crippen LogP contribution in [0.2, 0.25) is 0 Å². The van der Waals surface area contributed by atoms with Gasteiger partial charge in [0.05, 0.1) is 13.2 Å². The second kappa shape index (κ2) is 11.2. The van der Waals surface area contributed by atoms with Crippen LogP contribution in [0.5, 0.6) is 5.75 Å². The Labute approximate surface area is 168 Å². The maximum Gasteiger partial charge on any atom is 0.191 e. The highest BCUT2D eigenvalue weighted by molar-refractivity contribution is 5.79. The molecule has 1 aromatic rings. The topological polar surface area (TPSA) is 58.1 Å². The van der Waals surface area contributed by atoms with Crippen molar-refractivity contribution in [1.29, 1.82) is 0 Å². The smallest absolute Gasteiger partial charge is 0.191 e. The number of nitrogens with zero attached hydrogens (tertiary/aromatic N) is 2. The van der Waals surface area contributed by atoms with Crippen LogP contribution in [0, 0.1) is 5.82 Å². The molecule has 158 valence electrons. The standard InChI is InChI=1S/C21H35FN4O2/c1-6-23-21(25-9-10-26(15(2)3)16(4)5)24-8-7-17-11-19(22)12-18-13-27-14-28-20(17)18/h11-12,15-16H,6-10,13-14H2,1-5H3,(H2,23,24,25). The lowest BCUT2D eigenvalue weighted by molar-refractivity contribution is -0.0172. The van der Waals surface area contributed by atoms with E-state index in [1.807, 2.05) is 6.92 Å². The maximum atomic E-state index is 13.9. The maximum absolute atomic E-state index is 13.9. The number of ether oxygens (including phenoxy) is 2. The first-order valence-electron chi connectivity index (χ1n) is 10.2. The minimum absolute atomic E-state index is 0.214. The highest BCUT2D eigenvalue weighted by Gasteiger charge is 2.17. The molecule has 0 aliphatic carbocycles. The van der Waals surface area contributed by atoms with E-state index in [-0.39, 0.29) is 12.6 Å². The van der Waals surface area contributed by atoms with Gasteiger partial charge in [-0.25, -0.2) is 4.39 Å². The zero-order valence-electron chi connectivity index (χ0n) is 17.8. The summed E-state index contributed by atoms with van der Waals surface area (Å²) in [5.74, 6) is 1.27. The van der Waals surface area contributed by atoms with E-state index in [1.165, 1.54) is 6.07 Å². The Morgan fingerprint density at radius 2 is 1.96 bits per heavy atom. The molecule has 0 saturated heterocycles. The van der Waals surface area contributed by atoms with E-state index >= 15 is 0 Å². The van der Waals surface area contributed by atoms with Crippen molar-refractivity contribution in [3.05, 3.63) is 29.1 Å². The second-order valence-electron chi connectivity index (χ2n) is 7.53. The van der Waals surface area contributed by atoms with Gasteiger partial charge in [0.1, 0.15) is 11.6 Å². The molecule has 0 fully saturated rings. The fourth-order valence-corrected chi connectivity index (χ4v) is 3.49. The van der Waals surface area contributed by atoms with E-state index in [1.54, 1.807) is 6.07 Å². The Kier molecular flexibility index (Phi) is 8.99. The molecule has 0 radical (unpaired) electrons. The van der Waals surface area contributed by atoms with Gasteiger partial charge in [0.2, 0.25) is 0 Å². The number of guanidine groups is 1. The molecule has 0 amide bonds. The second-order valence-corrected chi connectivity index (χ2v) is 7.53. The van der Waals surface area contributed by atoms with E-state index in [0.717, 1.165) is 42.5 Å². The van der Waals surface area contributed by atoms with Crippen molar-refractivity contribution in [3.63, 3.8) is 0 Å². The van der Waals surface area contributed by atoms with E-state index in [4.69, 9.17) is 9.47 Å². The van der Waals surface area contributed by atoms with Crippen molar-refractivity contribution in [3.8, 4) is 5.75 Å². The summed E-state index contributed by atoms with van der Waals surface area (Å²) in [5, 5.41) is 6.61. The fourth-order valence-electron chi connectivity index (χ4n) is 3.49. The predicted octanol–water partition coefficient (Wildman–Crippen LogP) is 2.91. The third-order valence-electron chi connectivity index (χ3n) is 4.74. The predicted molar refractivity (Wildman–Crippen MR) is 111 cm³/mol. The van der Waals surface area contributed by atoms with E-state index in [9.17, 15) is 4.39 Å². The number of nitrogens with one attached hydrogen (secondary N) is 2. The first-order chi connectivity index (χ1) is 13.4. The molecule has 0 aromatic heterocycles. The highest BCUT2D eigenvalue weighted by atomic mass is 19.1. The molecule has 0 saturated carbocycles. The third kappa shape index (κ3) is 6.63. The molecule has 0 spiro atoms. The van der Waals surface area contributed by atoms with E-state index in [2.05, 4.69) is 48.2 Å². The Bertz CT molecular complexity index is 642. The van der Waals surface area contributed by atoms with E-state index < -0.39 is 0 Å². The molecule has 2 rings (SSSR count). The molecule has 0 bridgehead atoms. The number of fused-ring (bicyclic) bond motifs is 1. The van der Waals surface area contributed by atoms with E-state index in [0.29, 0.717) is 31.7 Å². The average molecular weight is 395 g/mol. The SMILES string of the molecule is CCNC(=NCCN(C(C)C)C(C)C)NCCc1cc(F)cc2c1OCOC2. The number of hydrogen-bond donors (Lipinski definition) is 2. The zero-order valence-corrected chi connectivity index (χ0v) is 17.8. The van der Waals surface area contributed by atoms with Crippen LogP contribution in [0.25, 0.3) is 0 Å². The number of benzene rings is 1. The highest BCUT2D eigenvalue weighted by Crippen LogP contribution is 2.29. The van der Waals surface area contributed by atoms with Gasteiger partial charge in [0.25, 0.3) is 0 Å². The molecule has 0 atom stereocenters. The lowest BCUT2D eigenvalue weighted by Crippen LogP contribution is -2.41. The van der Waals surface area contributed by atoms with Gasteiger partial charge in [-0.3, -0.25) is 9.89 Å². The molecule has 1 heterocycles. The molecule has 6 nitrogen and oxygen atoms in total.